The SMILES string of the molecule is Fc1ccc2c(c1)CN(Cc1nc(-c3cccc(Cl)c3)no1)CC2. The van der Waals surface area contributed by atoms with E-state index in [1.54, 1.807) is 18.2 Å². The van der Waals surface area contributed by atoms with Gasteiger partial charge in [0, 0.05) is 23.7 Å². The summed E-state index contributed by atoms with van der Waals surface area (Å²) in [5, 5.41) is 4.65. The van der Waals surface area contributed by atoms with E-state index in [1.807, 2.05) is 18.2 Å². The number of halogens is 2. The second kappa shape index (κ2) is 6.34. The summed E-state index contributed by atoms with van der Waals surface area (Å²) in [5.41, 5.74) is 3.05. The monoisotopic (exact) mass is 343 g/mol. The van der Waals surface area contributed by atoms with Gasteiger partial charge in [0.1, 0.15) is 5.82 Å². The summed E-state index contributed by atoms with van der Waals surface area (Å²) >= 11 is 5.99. The van der Waals surface area contributed by atoms with Gasteiger partial charge in [-0.1, -0.05) is 35.0 Å². The molecule has 0 saturated carbocycles. The standard InChI is InChI=1S/C18H15ClFN3O/c19-15-3-1-2-13(8-15)18-21-17(24-22-18)11-23-7-6-12-4-5-16(20)9-14(12)10-23/h1-5,8-9H,6-7,10-11H2. The molecule has 122 valence electrons. The van der Waals surface area contributed by atoms with Crippen LogP contribution in [0.1, 0.15) is 17.0 Å². The highest BCUT2D eigenvalue weighted by Gasteiger charge is 2.19. The molecule has 6 heteroatoms. The Labute approximate surface area is 143 Å². The third kappa shape index (κ3) is 3.18. The van der Waals surface area contributed by atoms with Gasteiger partial charge in [-0.25, -0.2) is 4.39 Å². The molecule has 4 rings (SSSR count). The van der Waals surface area contributed by atoms with Crippen molar-refractivity contribution in [2.45, 2.75) is 19.5 Å². The molecule has 4 nitrogen and oxygen atoms in total. The zero-order valence-electron chi connectivity index (χ0n) is 12.9. The molecule has 0 fully saturated rings. The largest absolute Gasteiger partial charge is 0.338 e. The summed E-state index contributed by atoms with van der Waals surface area (Å²) in [6.07, 6.45) is 0.894. The van der Waals surface area contributed by atoms with E-state index in [4.69, 9.17) is 16.1 Å². The van der Waals surface area contributed by atoms with Gasteiger partial charge in [0.15, 0.2) is 0 Å². The van der Waals surface area contributed by atoms with E-state index in [-0.39, 0.29) is 5.82 Å². The first-order valence-electron chi connectivity index (χ1n) is 7.75. The van der Waals surface area contributed by atoms with E-state index >= 15 is 0 Å². The van der Waals surface area contributed by atoms with Gasteiger partial charge < -0.3 is 4.52 Å². The minimum atomic E-state index is -0.198. The summed E-state index contributed by atoms with van der Waals surface area (Å²) in [4.78, 5) is 6.61. The zero-order valence-corrected chi connectivity index (χ0v) is 13.6. The molecule has 0 amide bonds. The van der Waals surface area contributed by atoms with Crippen LogP contribution in [0.15, 0.2) is 47.0 Å². The number of fused-ring (bicyclic) bond motifs is 1. The molecule has 2 heterocycles. The number of rotatable bonds is 3. The Morgan fingerprint density at radius 2 is 2.08 bits per heavy atom. The lowest BCUT2D eigenvalue weighted by Gasteiger charge is -2.27. The van der Waals surface area contributed by atoms with Crippen LogP contribution in [0, 0.1) is 5.82 Å². The Balaban J connectivity index is 1.49. The summed E-state index contributed by atoms with van der Waals surface area (Å²) < 4.78 is 18.8. The maximum absolute atomic E-state index is 13.4. The highest BCUT2D eigenvalue weighted by atomic mass is 35.5. The van der Waals surface area contributed by atoms with Crippen molar-refractivity contribution in [3.8, 4) is 11.4 Å². The highest BCUT2D eigenvalue weighted by molar-refractivity contribution is 6.30. The lowest BCUT2D eigenvalue weighted by Crippen LogP contribution is -2.30. The van der Waals surface area contributed by atoms with E-state index < -0.39 is 0 Å². The van der Waals surface area contributed by atoms with Crippen LogP contribution in [-0.4, -0.2) is 21.6 Å². The summed E-state index contributed by atoms with van der Waals surface area (Å²) in [7, 11) is 0. The van der Waals surface area contributed by atoms with Crippen molar-refractivity contribution >= 4 is 11.6 Å². The van der Waals surface area contributed by atoms with E-state index in [0.29, 0.717) is 29.8 Å². The second-order valence-corrected chi connectivity index (χ2v) is 6.33. The number of nitrogens with zero attached hydrogens (tertiary/aromatic N) is 3. The quantitative estimate of drug-likeness (QED) is 0.718. The van der Waals surface area contributed by atoms with E-state index in [0.717, 1.165) is 24.1 Å². The Hall–Kier alpha value is -2.24. The lowest BCUT2D eigenvalue weighted by molar-refractivity contribution is 0.210. The molecule has 2 aromatic carbocycles. The Morgan fingerprint density at radius 3 is 2.96 bits per heavy atom. The number of hydrogen-bond acceptors (Lipinski definition) is 4. The number of hydrogen-bond donors (Lipinski definition) is 0. The Morgan fingerprint density at radius 1 is 1.17 bits per heavy atom. The first-order chi connectivity index (χ1) is 11.7. The molecule has 3 aromatic rings. The first-order valence-corrected chi connectivity index (χ1v) is 8.13. The normalized spacial score (nSPS) is 14.6. The molecular weight excluding hydrogens is 329 g/mol. The maximum Gasteiger partial charge on any atom is 0.241 e. The third-order valence-electron chi connectivity index (χ3n) is 4.17. The smallest absolute Gasteiger partial charge is 0.241 e. The van der Waals surface area contributed by atoms with Crippen molar-refractivity contribution in [2.75, 3.05) is 6.54 Å². The molecule has 0 saturated heterocycles. The van der Waals surface area contributed by atoms with Crippen molar-refractivity contribution in [3.05, 3.63) is 70.3 Å². The number of benzene rings is 2. The Kier molecular flexibility index (Phi) is 4.04. The van der Waals surface area contributed by atoms with Crippen molar-refractivity contribution in [3.63, 3.8) is 0 Å². The summed E-state index contributed by atoms with van der Waals surface area (Å²) in [5.74, 6) is 0.873. The van der Waals surface area contributed by atoms with Gasteiger partial charge in [-0.15, -0.1) is 0 Å². The van der Waals surface area contributed by atoms with Crippen LogP contribution in [0.3, 0.4) is 0 Å². The van der Waals surface area contributed by atoms with Gasteiger partial charge in [0.05, 0.1) is 6.54 Å². The zero-order chi connectivity index (χ0) is 16.5. The van der Waals surface area contributed by atoms with Crippen molar-refractivity contribution in [1.82, 2.24) is 15.0 Å². The van der Waals surface area contributed by atoms with E-state index in [9.17, 15) is 4.39 Å². The molecule has 0 spiro atoms. The molecule has 0 atom stereocenters. The first kappa shape index (κ1) is 15.3. The fraction of sp³-hybridized carbons (Fsp3) is 0.222. The molecule has 1 aromatic heterocycles. The molecule has 0 N–H and O–H groups in total. The minimum Gasteiger partial charge on any atom is -0.338 e. The van der Waals surface area contributed by atoms with E-state index in [1.165, 1.54) is 11.6 Å². The summed E-state index contributed by atoms with van der Waals surface area (Å²) in [6, 6.07) is 12.3. The van der Waals surface area contributed by atoms with Crippen molar-refractivity contribution < 1.29 is 8.91 Å². The van der Waals surface area contributed by atoms with E-state index in [2.05, 4.69) is 15.0 Å². The van der Waals surface area contributed by atoms with Crippen LogP contribution in [0.2, 0.25) is 5.02 Å². The highest BCUT2D eigenvalue weighted by Crippen LogP contribution is 2.23. The minimum absolute atomic E-state index is 0.198. The number of aromatic nitrogens is 2. The third-order valence-corrected chi connectivity index (χ3v) is 4.40. The van der Waals surface area contributed by atoms with Gasteiger partial charge >= 0.3 is 0 Å². The van der Waals surface area contributed by atoms with Gasteiger partial charge in [-0.2, -0.15) is 4.98 Å². The topological polar surface area (TPSA) is 42.2 Å². The lowest BCUT2D eigenvalue weighted by atomic mass is 10.00. The molecule has 0 unspecified atom stereocenters. The predicted molar refractivity (Wildman–Crippen MR) is 89.0 cm³/mol. The van der Waals surface area contributed by atoms with Crippen LogP contribution >= 0.6 is 11.6 Å². The maximum atomic E-state index is 13.4. The molecule has 1 aliphatic heterocycles. The fourth-order valence-electron chi connectivity index (χ4n) is 2.97. The predicted octanol–water partition coefficient (Wildman–Crippen LogP) is 4.09. The molecule has 0 aliphatic carbocycles. The average Bonchev–Trinajstić information content (AvgIpc) is 3.03. The Bertz CT molecular complexity index is 880. The van der Waals surface area contributed by atoms with Crippen LogP contribution in [0.4, 0.5) is 4.39 Å². The summed E-state index contributed by atoms with van der Waals surface area (Å²) in [6.45, 7) is 2.11. The van der Waals surface area contributed by atoms with Gasteiger partial charge in [-0.05, 0) is 41.8 Å². The van der Waals surface area contributed by atoms with Crippen molar-refractivity contribution in [1.29, 1.82) is 0 Å². The molecule has 0 bridgehead atoms. The van der Waals surface area contributed by atoms with Gasteiger partial charge in [-0.3, -0.25) is 4.90 Å². The fourth-order valence-corrected chi connectivity index (χ4v) is 3.16. The second-order valence-electron chi connectivity index (χ2n) is 5.90. The molecule has 0 radical (unpaired) electrons. The van der Waals surface area contributed by atoms with Crippen LogP contribution in [-0.2, 0) is 19.5 Å². The van der Waals surface area contributed by atoms with Crippen molar-refractivity contribution in [2.24, 2.45) is 0 Å². The van der Waals surface area contributed by atoms with Crippen LogP contribution in [0.25, 0.3) is 11.4 Å². The molecule has 1 aliphatic rings. The van der Waals surface area contributed by atoms with Crippen LogP contribution < -0.4 is 0 Å². The van der Waals surface area contributed by atoms with Crippen LogP contribution in [0.5, 0.6) is 0 Å². The molecular formula is C18H15ClFN3O. The molecule has 24 heavy (non-hydrogen) atoms. The average molecular weight is 344 g/mol. The van der Waals surface area contributed by atoms with Gasteiger partial charge in [0.25, 0.3) is 0 Å². The van der Waals surface area contributed by atoms with Gasteiger partial charge in [0.2, 0.25) is 11.7 Å².